The predicted molar refractivity (Wildman–Crippen MR) is 71.9 cm³/mol. The van der Waals surface area contributed by atoms with Crippen LogP contribution in [0.15, 0.2) is 0 Å². The average molecular weight is 289 g/mol. The summed E-state index contributed by atoms with van der Waals surface area (Å²) in [6, 6.07) is 0. The van der Waals surface area contributed by atoms with E-state index in [0.29, 0.717) is 11.8 Å². The Morgan fingerprint density at radius 3 is 2.26 bits per heavy atom. The van der Waals surface area contributed by atoms with E-state index in [2.05, 4.69) is 12.2 Å². The minimum absolute atomic E-state index is 0.241. The van der Waals surface area contributed by atoms with Crippen LogP contribution in [-0.2, 0) is 14.9 Å². The quantitative estimate of drug-likeness (QED) is 0.776. The molecule has 0 saturated heterocycles. The van der Waals surface area contributed by atoms with E-state index in [1.165, 1.54) is 6.42 Å². The molecule has 6 heteroatoms. The first-order valence-corrected chi connectivity index (χ1v) is 8.52. The van der Waals surface area contributed by atoms with Gasteiger partial charge in [-0.05, 0) is 49.9 Å². The van der Waals surface area contributed by atoms with Crippen molar-refractivity contribution in [2.24, 2.45) is 23.2 Å². The number of rotatable bonds is 3. The Bertz CT molecular complexity index is 441. The molecule has 2 saturated carbocycles. The van der Waals surface area contributed by atoms with Crippen LogP contribution in [0, 0.1) is 23.2 Å². The molecule has 0 aromatic carbocycles. The number of nitrogens with one attached hydrogen (secondary N) is 1. The molecule has 2 unspecified atom stereocenters. The van der Waals surface area contributed by atoms with Gasteiger partial charge in [0.25, 0.3) is 10.1 Å². The SMILES string of the molecule is CC1CC2CC(C1)CC(C)(C(=O)NCS(=O)(=O)O)C2. The molecule has 0 heterocycles. The Morgan fingerprint density at radius 1 is 1.26 bits per heavy atom. The van der Waals surface area contributed by atoms with E-state index in [1.54, 1.807) is 0 Å². The predicted octanol–water partition coefficient (Wildman–Crippen LogP) is 1.80. The molecular weight excluding hydrogens is 266 g/mol. The van der Waals surface area contributed by atoms with Crippen molar-refractivity contribution in [1.29, 1.82) is 0 Å². The van der Waals surface area contributed by atoms with E-state index in [-0.39, 0.29) is 5.91 Å². The minimum Gasteiger partial charge on any atom is -0.340 e. The van der Waals surface area contributed by atoms with Crippen molar-refractivity contribution in [1.82, 2.24) is 5.32 Å². The molecule has 2 fully saturated rings. The van der Waals surface area contributed by atoms with Gasteiger partial charge < -0.3 is 5.32 Å². The molecule has 2 bridgehead atoms. The molecule has 0 spiro atoms. The first kappa shape index (κ1) is 14.8. The number of hydrogen-bond acceptors (Lipinski definition) is 3. The van der Waals surface area contributed by atoms with Gasteiger partial charge in [0.1, 0.15) is 5.88 Å². The highest BCUT2D eigenvalue weighted by Gasteiger charge is 2.45. The molecule has 2 atom stereocenters. The zero-order valence-corrected chi connectivity index (χ0v) is 12.4. The van der Waals surface area contributed by atoms with Crippen molar-refractivity contribution >= 4 is 16.0 Å². The maximum Gasteiger partial charge on any atom is 0.283 e. The Morgan fingerprint density at radius 2 is 1.79 bits per heavy atom. The summed E-state index contributed by atoms with van der Waals surface area (Å²) in [5.74, 6) is 0.948. The zero-order chi connectivity index (χ0) is 14.3. The number of amides is 1. The fourth-order valence-electron chi connectivity index (χ4n) is 4.14. The third kappa shape index (κ3) is 3.69. The van der Waals surface area contributed by atoms with Crippen molar-refractivity contribution in [2.75, 3.05) is 5.88 Å². The smallest absolute Gasteiger partial charge is 0.283 e. The van der Waals surface area contributed by atoms with E-state index in [0.717, 1.165) is 31.6 Å². The second kappa shape index (κ2) is 5.05. The highest BCUT2D eigenvalue weighted by Crippen LogP contribution is 2.50. The molecule has 5 nitrogen and oxygen atoms in total. The summed E-state index contributed by atoms with van der Waals surface area (Å²) in [4.78, 5) is 12.2. The lowest BCUT2D eigenvalue weighted by atomic mass is 9.59. The van der Waals surface area contributed by atoms with Crippen LogP contribution in [0.5, 0.6) is 0 Å². The van der Waals surface area contributed by atoms with Gasteiger partial charge in [0.15, 0.2) is 0 Å². The highest BCUT2D eigenvalue weighted by molar-refractivity contribution is 7.85. The van der Waals surface area contributed by atoms with Crippen molar-refractivity contribution in [3.63, 3.8) is 0 Å². The Hall–Kier alpha value is -0.620. The van der Waals surface area contributed by atoms with Crippen LogP contribution in [-0.4, -0.2) is 24.8 Å². The van der Waals surface area contributed by atoms with Crippen molar-refractivity contribution in [3.8, 4) is 0 Å². The third-order valence-corrected chi connectivity index (χ3v) is 5.09. The van der Waals surface area contributed by atoms with Crippen LogP contribution in [0.25, 0.3) is 0 Å². The fourth-order valence-corrected chi connectivity index (χ4v) is 4.46. The van der Waals surface area contributed by atoms with Gasteiger partial charge in [0, 0.05) is 5.41 Å². The largest absolute Gasteiger partial charge is 0.340 e. The number of carbonyl (C=O) groups excluding carboxylic acids is 1. The van der Waals surface area contributed by atoms with Crippen molar-refractivity contribution < 1.29 is 17.8 Å². The van der Waals surface area contributed by atoms with Gasteiger partial charge in [-0.2, -0.15) is 8.42 Å². The molecule has 2 rings (SSSR count). The summed E-state index contributed by atoms with van der Waals surface area (Å²) in [5.41, 5.74) is -0.488. The fraction of sp³-hybridized carbons (Fsp3) is 0.923. The average Bonchev–Trinajstić information content (AvgIpc) is 2.22. The first-order valence-electron chi connectivity index (χ1n) is 6.91. The molecule has 1 amide bonds. The van der Waals surface area contributed by atoms with Crippen LogP contribution >= 0.6 is 0 Å². The van der Waals surface area contributed by atoms with Crippen LogP contribution in [0.4, 0.5) is 0 Å². The lowest BCUT2D eigenvalue weighted by Gasteiger charge is -2.46. The van der Waals surface area contributed by atoms with Crippen molar-refractivity contribution in [3.05, 3.63) is 0 Å². The van der Waals surface area contributed by atoms with Gasteiger partial charge in [0.2, 0.25) is 5.91 Å². The number of hydrogen-bond donors (Lipinski definition) is 2. The Labute approximate surface area is 114 Å². The van der Waals surface area contributed by atoms with Crippen LogP contribution < -0.4 is 5.32 Å². The zero-order valence-electron chi connectivity index (χ0n) is 11.6. The summed E-state index contributed by atoms with van der Waals surface area (Å²) in [6.07, 6.45) is 5.18. The number of fused-ring (bicyclic) bond motifs is 2. The maximum atomic E-state index is 12.2. The molecular formula is C13H23NO4S. The van der Waals surface area contributed by atoms with Crippen molar-refractivity contribution in [2.45, 2.75) is 46.0 Å². The monoisotopic (exact) mass is 289 g/mol. The van der Waals surface area contributed by atoms with Gasteiger partial charge in [-0.1, -0.05) is 13.8 Å². The summed E-state index contributed by atoms with van der Waals surface area (Å²) in [5, 5.41) is 2.36. The van der Waals surface area contributed by atoms with Gasteiger partial charge in [-0.15, -0.1) is 0 Å². The van der Waals surface area contributed by atoms with Gasteiger partial charge in [0.05, 0.1) is 0 Å². The van der Waals surface area contributed by atoms with Gasteiger partial charge in [-0.25, -0.2) is 0 Å². The van der Waals surface area contributed by atoms with Gasteiger partial charge in [-0.3, -0.25) is 9.35 Å². The standard InChI is InChI=1S/C13H23NO4S/c1-9-3-10-5-11(4-9)7-13(2,6-10)12(15)14-8-19(16,17)18/h9-11H,3-8H2,1-2H3,(H,14,15)(H,16,17,18). The topological polar surface area (TPSA) is 83.5 Å². The van der Waals surface area contributed by atoms with E-state index in [1.807, 2.05) is 6.92 Å². The summed E-state index contributed by atoms with van der Waals surface area (Å²) < 4.78 is 30.1. The second-order valence-electron chi connectivity index (χ2n) is 6.75. The molecule has 2 N–H and O–H groups in total. The van der Waals surface area contributed by atoms with Crippen LogP contribution in [0.2, 0.25) is 0 Å². The first-order chi connectivity index (χ1) is 8.68. The molecule has 19 heavy (non-hydrogen) atoms. The van der Waals surface area contributed by atoms with E-state index in [4.69, 9.17) is 4.55 Å². The van der Waals surface area contributed by atoms with E-state index < -0.39 is 21.4 Å². The summed E-state index contributed by atoms with van der Waals surface area (Å²) >= 11 is 0. The van der Waals surface area contributed by atoms with Crippen LogP contribution in [0.1, 0.15) is 46.0 Å². The Kier molecular flexibility index (Phi) is 3.93. The lowest BCUT2D eigenvalue weighted by molar-refractivity contribution is -0.135. The third-order valence-electron chi connectivity index (χ3n) is 4.58. The lowest BCUT2D eigenvalue weighted by Crippen LogP contribution is -2.47. The highest BCUT2D eigenvalue weighted by atomic mass is 32.2. The van der Waals surface area contributed by atoms with Gasteiger partial charge >= 0.3 is 0 Å². The molecule has 0 aromatic heterocycles. The summed E-state index contributed by atoms with van der Waals surface area (Å²) in [6.45, 7) is 4.18. The molecule has 110 valence electrons. The maximum absolute atomic E-state index is 12.2. The summed E-state index contributed by atoms with van der Waals surface area (Å²) in [7, 11) is -4.14. The van der Waals surface area contributed by atoms with Crippen LogP contribution in [0.3, 0.4) is 0 Å². The molecule has 0 aliphatic heterocycles. The molecule has 0 aromatic rings. The molecule has 2 aliphatic rings. The normalized spacial score (nSPS) is 38.8. The molecule has 0 radical (unpaired) electrons. The Balaban J connectivity index is 2.01. The second-order valence-corrected chi connectivity index (χ2v) is 8.20. The molecule has 2 aliphatic carbocycles. The minimum atomic E-state index is -4.14. The van der Waals surface area contributed by atoms with E-state index >= 15 is 0 Å². The van der Waals surface area contributed by atoms with E-state index in [9.17, 15) is 13.2 Å². The number of carbonyl (C=O) groups is 1.